The third-order valence-electron chi connectivity index (χ3n) is 4.94. The molecule has 0 saturated heterocycles. The smallest absolute Gasteiger partial charge is 0.337 e. The van der Waals surface area contributed by atoms with Crippen LogP contribution in [0.5, 0.6) is 0 Å². The lowest BCUT2D eigenvalue weighted by molar-refractivity contribution is 0.482. The van der Waals surface area contributed by atoms with Crippen molar-refractivity contribution >= 4 is 11.2 Å². The molecule has 29 heavy (non-hydrogen) atoms. The Morgan fingerprint density at radius 3 is 2.55 bits per heavy atom. The molecule has 0 fully saturated rings. The second-order valence-electron chi connectivity index (χ2n) is 7.19. The Morgan fingerprint density at radius 1 is 1.17 bits per heavy atom. The summed E-state index contributed by atoms with van der Waals surface area (Å²) in [6.45, 7) is 8.42. The zero-order chi connectivity index (χ0) is 20.5. The topological polar surface area (TPSA) is 75.0 Å². The van der Waals surface area contributed by atoms with Crippen LogP contribution in [0.3, 0.4) is 0 Å². The Bertz CT molecular complexity index is 1270. The van der Waals surface area contributed by atoms with Gasteiger partial charge in [-0.05, 0) is 35.7 Å². The Hall–Kier alpha value is -3.61. The van der Waals surface area contributed by atoms with Gasteiger partial charge in [-0.15, -0.1) is 6.58 Å². The Balaban J connectivity index is 2.00. The fraction of sp³-hybridized carbons (Fsp3) is 0.227. The number of nitrogens with zero attached hydrogens (tertiary/aromatic N) is 4. The molecule has 0 radical (unpaired) electrons. The van der Waals surface area contributed by atoms with Gasteiger partial charge in [0.15, 0.2) is 11.2 Å². The maximum absolute atomic E-state index is 13.3. The molecule has 1 aromatic carbocycles. The molecule has 0 spiro atoms. The third-order valence-corrected chi connectivity index (χ3v) is 4.94. The molecule has 0 atom stereocenters. The Kier molecular flexibility index (Phi) is 4.80. The van der Waals surface area contributed by atoms with Crippen LogP contribution in [0.4, 0.5) is 0 Å². The van der Waals surface area contributed by atoms with Crippen molar-refractivity contribution in [2.24, 2.45) is 0 Å². The maximum Gasteiger partial charge on any atom is 0.337 e. The number of imidazole rings is 1. The Labute approximate surface area is 167 Å². The summed E-state index contributed by atoms with van der Waals surface area (Å²) in [6, 6.07) is 11.2. The largest absolute Gasteiger partial charge is 0.467 e. The van der Waals surface area contributed by atoms with Crippen molar-refractivity contribution in [3.63, 3.8) is 0 Å². The van der Waals surface area contributed by atoms with Crippen LogP contribution < -0.4 is 11.2 Å². The van der Waals surface area contributed by atoms with Crippen LogP contribution in [-0.4, -0.2) is 18.7 Å². The average molecular weight is 390 g/mol. The van der Waals surface area contributed by atoms with Gasteiger partial charge in [-0.25, -0.2) is 14.3 Å². The lowest BCUT2D eigenvalue weighted by Gasteiger charge is -2.13. The highest BCUT2D eigenvalue weighted by atomic mass is 16.3. The van der Waals surface area contributed by atoms with E-state index >= 15 is 0 Å². The van der Waals surface area contributed by atoms with Crippen molar-refractivity contribution < 1.29 is 4.42 Å². The number of hydrogen-bond donors (Lipinski definition) is 0. The van der Waals surface area contributed by atoms with Crippen LogP contribution in [0, 0.1) is 0 Å². The van der Waals surface area contributed by atoms with Gasteiger partial charge in [0.25, 0.3) is 5.56 Å². The minimum absolute atomic E-state index is 0.0456. The first-order chi connectivity index (χ1) is 14.0. The maximum atomic E-state index is 13.3. The van der Waals surface area contributed by atoms with Crippen molar-refractivity contribution in [3.8, 4) is 5.69 Å². The highest BCUT2D eigenvalue weighted by Crippen LogP contribution is 2.18. The fourth-order valence-corrected chi connectivity index (χ4v) is 3.40. The molecule has 0 amide bonds. The first-order valence-electron chi connectivity index (χ1n) is 9.45. The molecule has 0 unspecified atom stereocenters. The summed E-state index contributed by atoms with van der Waals surface area (Å²) in [5.74, 6) is 0.903. The molecule has 4 rings (SSSR count). The van der Waals surface area contributed by atoms with Gasteiger partial charge in [-0.2, -0.15) is 0 Å². The summed E-state index contributed by atoms with van der Waals surface area (Å²) >= 11 is 0. The van der Waals surface area contributed by atoms with Crippen LogP contribution in [0.15, 0.2) is 75.6 Å². The summed E-state index contributed by atoms with van der Waals surface area (Å²) in [4.78, 5) is 30.9. The van der Waals surface area contributed by atoms with Crippen LogP contribution in [0.2, 0.25) is 0 Å². The van der Waals surface area contributed by atoms with Gasteiger partial charge in [0.05, 0.1) is 24.8 Å². The molecular formula is C22H22N4O3. The minimum atomic E-state index is -0.458. The van der Waals surface area contributed by atoms with E-state index in [1.165, 1.54) is 21.0 Å². The lowest BCUT2D eigenvalue weighted by atomic mass is 10.0. The molecule has 0 aliphatic carbocycles. The standard InChI is InChI=1S/C22H22N4O3/c1-4-11-24-14-23-20-19(24)21(27)25(13-18-6-5-12-29-18)22(28)26(20)17-9-7-16(8-10-17)15(2)3/h4-10,12,14-15H,1,11,13H2,2-3H3. The van der Waals surface area contributed by atoms with E-state index in [9.17, 15) is 9.59 Å². The first kappa shape index (κ1) is 18.7. The van der Waals surface area contributed by atoms with Crippen LogP contribution in [-0.2, 0) is 13.1 Å². The molecule has 0 aliphatic rings. The SMILES string of the molecule is C=CCn1cnc2c1c(=O)n(Cc1ccco1)c(=O)n2-c1ccc(C(C)C)cc1. The molecule has 0 bridgehead atoms. The van der Waals surface area contributed by atoms with E-state index in [0.717, 1.165) is 0 Å². The van der Waals surface area contributed by atoms with E-state index in [2.05, 4.69) is 25.4 Å². The number of furan rings is 1. The molecule has 0 aliphatic heterocycles. The predicted octanol–water partition coefficient (Wildman–Crippen LogP) is 3.30. The van der Waals surface area contributed by atoms with Gasteiger partial charge in [-0.1, -0.05) is 32.1 Å². The molecule has 7 nitrogen and oxygen atoms in total. The molecular weight excluding hydrogens is 368 g/mol. The number of benzene rings is 1. The summed E-state index contributed by atoms with van der Waals surface area (Å²) < 4.78 is 9.71. The zero-order valence-corrected chi connectivity index (χ0v) is 16.4. The van der Waals surface area contributed by atoms with E-state index in [-0.39, 0.29) is 6.54 Å². The van der Waals surface area contributed by atoms with Gasteiger partial charge in [0.2, 0.25) is 0 Å². The highest BCUT2D eigenvalue weighted by molar-refractivity contribution is 5.72. The molecule has 0 saturated carbocycles. The minimum Gasteiger partial charge on any atom is -0.467 e. The molecule has 3 heterocycles. The molecule has 148 valence electrons. The number of fused-ring (bicyclic) bond motifs is 1. The first-order valence-corrected chi connectivity index (χ1v) is 9.45. The number of allylic oxidation sites excluding steroid dienone is 1. The van der Waals surface area contributed by atoms with E-state index in [4.69, 9.17) is 4.42 Å². The van der Waals surface area contributed by atoms with Crippen molar-refractivity contribution in [3.05, 3.63) is 93.8 Å². The normalized spacial score (nSPS) is 11.4. The number of aromatic nitrogens is 4. The van der Waals surface area contributed by atoms with Crippen molar-refractivity contribution in [1.29, 1.82) is 0 Å². The third kappa shape index (κ3) is 3.24. The summed E-state index contributed by atoms with van der Waals surface area (Å²) in [5.41, 5.74) is 1.63. The summed E-state index contributed by atoms with van der Waals surface area (Å²) in [6.07, 6.45) is 4.76. The Morgan fingerprint density at radius 2 is 1.93 bits per heavy atom. The van der Waals surface area contributed by atoms with Crippen LogP contribution in [0.25, 0.3) is 16.9 Å². The van der Waals surface area contributed by atoms with Crippen LogP contribution >= 0.6 is 0 Å². The molecule has 7 heteroatoms. The lowest BCUT2D eigenvalue weighted by Crippen LogP contribution is -2.40. The van der Waals surface area contributed by atoms with E-state index in [1.54, 1.807) is 29.1 Å². The summed E-state index contributed by atoms with van der Waals surface area (Å²) in [7, 11) is 0. The molecule has 3 aromatic heterocycles. The van der Waals surface area contributed by atoms with Gasteiger partial charge in [-0.3, -0.25) is 9.36 Å². The van der Waals surface area contributed by atoms with Crippen LogP contribution in [0.1, 0.15) is 31.1 Å². The van der Waals surface area contributed by atoms with E-state index in [0.29, 0.717) is 35.1 Å². The number of hydrogen-bond acceptors (Lipinski definition) is 4. The van der Waals surface area contributed by atoms with Crippen molar-refractivity contribution in [2.75, 3.05) is 0 Å². The summed E-state index contributed by atoms with van der Waals surface area (Å²) in [5, 5.41) is 0. The second-order valence-corrected chi connectivity index (χ2v) is 7.19. The van der Waals surface area contributed by atoms with Crippen molar-refractivity contribution in [1.82, 2.24) is 18.7 Å². The monoisotopic (exact) mass is 390 g/mol. The highest BCUT2D eigenvalue weighted by Gasteiger charge is 2.19. The van der Waals surface area contributed by atoms with E-state index < -0.39 is 11.2 Å². The number of rotatable bonds is 6. The van der Waals surface area contributed by atoms with Gasteiger partial charge in [0, 0.05) is 6.54 Å². The van der Waals surface area contributed by atoms with E-state index in [1.807, 2.05) is 24.3 Å². The van der Waals surface area contributed by atoms with Crippen molar-refractivity contribution in [2.45, 2.75) is 32.9 Å². The van der Waals surface area contributed by atoms with Gasteiger partial charge in [0.1, 0.15) is 5.76 Å². The quantitative estimate of drug-likeness (QED) is 0.474. The molecule has 0 N–H and O–H groups in total. The zero-order valence-electron chi connectivity index (χ0n) is 16.4. The van der Waals surface area contributed by atoms with Gasteiger partial charge >= 0.3 is 5.69 Å². The fourth-order valence-electron chi connectivity index (χ4n) is 3.40. The molecule has 4 aromatic rings. The van der Waals surface area contributed by atoms with Gasteiger partial charge < -0.3 is 8.98 Å². The predicted molar refractivity (Wildman–Crippen MR) is 112 cm³/mol. The average Bonchev–Trinajstić information content (AvgIpc) is 3.36. The second kappa shape index (κ2) is 7.43.